The molecule has 0 fully saturated rings. The van der Waals surface area contributed by atoms with Crippen LogP contribution in [0.15, 0.2) is 30.3 Å². The van der Waals surface area contributed by atoms with Gasteiger partial charge in [0, 0.05) is 5.56 Å². The van der Waals surface area contributed by atoms with Crippen molar-refractivity contribution in [2.75, 3.05) is 0 Å². The van der Waals surface area contributed by atoms with Crippen LogP contribution in [0.5, 0.6) is 0 Å². The highest BCUT2D eigenvalue weighted by Gasteiger charge is 2.11. The highest BCUT2D eigenvalue weighted by atomic mass is 127. The predicted octanol–water partition coefficient (Wildman–Crippen LogP) is 6.23. The van der Waals surface area contributed by atoms with Crippen LogP contribution in [0.25, 0.3) is 11.1 Å². The van der Waals surface area contributed by atoms with Crippen molar-refractivity contribution in [1.82, 2.24) is 0 Å². The molecule has 2 aromatic carbocycles. The van der Waals surface area contributed by atoms with E-state index in [1.165, 1.54) is 12.1 Å². The summed E-state index contributed by atoms with van der Waals surface area (Å²) in [6, 6.07) is 8.01. The molecule has 0 aliphatic carbocycles. The number of benzene rings is 2. The Morgan fingerprint density at radius 3 is 2.45 bits per heavy atom. The first-order chi connectivity index (χ1) is 9.52. The fraction of sp³-hybridized carbons (Fsp3) is 0.250. The molecule has 4 heteroatoms. The molecule has 0 spiro atoms. The van der Waals surface area contributed by atoms with Gasteiger partial charge in [0.2, 0.25) is 0 Å². The molecular weight excluding hydrogens is 393 g/mol. The Labute approximate surface area is 136 Å². The van der Waals surface area contributed by atoms with Crippen LogP contribution in [-0.2, 0) is 6.42 Å². The zero-order chi connectivity index (χ0) is 14.7. The normalized spacial score (nSPS) is 10.8. The van der Waals surface area contributed by atoms with Crippen molar-refractivity contribution < 1.29 is 8.78 Å². The lowest BCUT2D eigenvalue weighted by molar-refractivity contribution is 0.618. The van der Waals surface area contributed by atoms with Crippen LogP contribution >= 0.6 is 34.2 Å². The van der Waals surface area contributed by atoms with Crippen LogP contribution in [0.1, 0.15) is 25.3 Å². The van der Waals surface area contributed by atoms with Gasteiger partial charge in [-0.05, 0) is 64.8 Å². The Morgan fingerprint density at radius 1 is 1.10 bits per heavy atom. The molecule has 0 aromatic heterocycles. The van der Waals surface area contributed by atoms with E-state index < -0.39 is 5.82 Å². The molecule has 0 amide bonds. The molecule has 0 saturated carbocycles. The molecule has 0 aliphatic rings. The third-order valence-electron chi connectivity index (χ3n) is 3.15. The summed E-state index contributed by atoms with van der Waals surface area (Å²) in [6.45, 7) is 2.10. The van der Waals surface area contributed by atoms with E-state index in [0.29, 0.717) is 19.7 Å². The Morgan fingerprint density at radius 2 is 1.85 bits per heavy atom. The topological polar surface area (TPSA) is 0 Å². The molecular formula is C16H14ClF2I. The van der Waals surface area contributed by atoms with E-state index >= 15 is 0 Å². The summed E-state index contributed by atoms with van der Waals surface area (Å²) in [5.41, 5.74) is 1.81. The summed E-state index contributed by atoms with van der Waals surface area (Å²) >= 11 is 7.78. The SMILES string of the molecule is CCCCc1ccc(-c2cc(F)c(I)c(Cl)c2)c(F)c1. The second kappa shape index (κ2) is 6.85. The van der Waals surface area contributed by atoms with E-state index in [9.17, 15) is 8.78 Å². The standard InChI is InChI=1S/C16H14ClF2I/c1-2-3-4-10-5-6-12(14(18)7-10)11-8-13(17)16(20)15(19)9-11/h5-9H,2-4H2,1H3. The van der Waals surface area contributed by atoms with Crippen LogP contribution in [0.3, 0.4) is 0 Å². The van der Waals surface area contributed by atoms with Gasteiger partial charge >= 0.3 is 0 Å². The largest absolute Gasteiger partial charge is 0.206 e. The number of halogens is 4. The first-order valence-corrected chi connectivity index (χ1v) is 7.92. The molecule has 0 nitrogen and oxygen atoms in total. The maximum atomic E-state index is 14.2. The predicted molar refractivity (Wildman–Crippen MR) is 88.1 cm³/mol. The fourth-order valence-corrected chi connectivity index (χ4v) is 2.56. The van der Waals surface area contributed by atoms with Gasteiger partial charge in [-0.1, -0.05) is 37.1 Å². The second-order valence-corrected chi connectivity index (χ2v) is 6.16. The maximum absolute atomic E-state index is 14.2. The van der Waals surface area contributed by atoms with Crippen molar-refractivity contribution in [3.05, 3.63) is 56.1 Å². The summed E-state index contributed by atoms with van der Waals surface area (Å²) in [6.07, 6.45) is 2.96. The highest BCUT2D eigenvalue weighted by molar-refractivity contribution is 14.1. The summed E-state index contributed by atoms with van der Waals surface area (Å²) < 4.78 is 28.2. The van der Waals surface area contributed by atoms with Crippen LogP contribution < -0.4 is 0 Å². The summed E-state index contributed by atoms with van der Waals surface area (Å²) in [4.78, 5) is 0. The van der Waals surface area contributed by atoms with Gasteiger partial charge in [0.15, 0.2) is 0 Å². The quantitative estimate of drug-likeness (QED) is 0.417. The molecule has 0 saturated heterocycles. The van der Waals surface area contributed by atoms with Gasteiger partial charge in [0.25, 0.3) is 0 Å². The lowest BCUT2D eigenvalue weighted by atomic mass is 10.0. The monoisotopic (exact) mass is 406 g/mol. The number of rotatable bonds is 4. The average molecular weight is 407 g/mol. The summed E-state index contributed by atoms with van der Waals surface area (Å²) in [7, 11) is 0. The number of unbranched alkanes of at least 4 members (excludes halogenated alkanes) is 1. The molecule has 2 aromatic rings. The second-order valence-electron chi connectivity index (χ2n) is 4.67. The molecule has 106 valence electrons. The molecule has 0 atom stereocenters. The van der Waals surface area contributed by atoms with E-state index in [0.717, 1.165) is 24.8 Å². The fourth-order valence-electron chi connectivity index (χ4n) is 2.04. The summed E-state index contributed by atoms with van der Waals surface area (Å²) in [5.74, 6) is -0.766. The lowest BCUT2D eigenvalue weighted by Crippen LogP contribution is -1.92. The van der Waals surface area contributed by atoms with Gasteiger partial charge in [-0.15, -0.1) is 0 Å². The third kappa shape index (κ3) is 3.50. The molecule has 2 rings (SSSR count). The number of aryl methyl sites for hydroxylation is 1. The van der Waals surface area contributed by atoms with Crippen molar-refractivity contribution in [1.29, 1.82) is 0 Å². The maximum Gasteiger partial charge on any atom is 0.138 e. The Hall–Kier alpha value is -0.680. The van der Waals surface area contributed by atoms with E-state index in [2.05, 4.69) is 6.92 Å². The first-order valence-electron chi connectivity index (χ1n) is 6.46. The zero-order valence-electron chi connectivity index (χ0n) is 11.0. The van der Waals surface area contributed by atoms with Gasteiger partial charge in [-0.2, -0.15) is 0 Å². The van der Waals surface area contributed by atoms with Crippen LogP contribution in [0.4, 0.5) is 8.78 Å². The average Bonchev–Trinajstić information content (AvgIpc) is 2.42. The molecule has 0 heterocycles. The van der Waals surface area contributed by atoms with Gasteiger partial charge < -0.3 is 0 Å². The van der Waals surface area contributed by atoms with E-state index in [1.807, 2.05) is 28.7 Å². The molecule has 0 unspecified atom stereocenters. The highest BCUT2D eigenvalue weighted by Crippen LogP contribution is 2.31. The van der Waals surface area contributed by atoms with Gasteiger partial charge in [-0.3, -0.25) is 0 Å². The van der Waals surface area contributed by atoms with Gasteiger partial charge in [0.05, 0.1) is 8.59 Å². The Balaban J connectivity index is 2.38. The number of hydrogen-bond donors (Lipinski definition) is 0. The molecule has 20 heavy (non-hydrogen) atoms. The Bertz CT molecular complexity index is 603. The molecule has 0 radical (unpaired) electrons. The van der Waals surface area contributed by atoms with Crippen molar-refractivity contribution in [2.24, 2.45) is 0 Å². The summed E-state index contributed by atoms with van der Waals surface area (Å²) in [5, 5.41) is 0.301. The van der Waals surface area contributed by atoms with Gasteiger partial charge in [-0.25, -0.2) is 8.78 Å². The minimum atomic E-state index is -0.428. The first kappa shape index (κ1) is 15.7. The van der Waals surface area contributed by atoms with Crippen molar-refractivity contribution >= 4 is 34.2 Å². The minimum Gasteiger partial charge on any atom is -0.206 e. The molecule has 0 bridgehead atoms. The van der Waals surface area contributed by atoms with Crippen molar-refractivity contribution in [3.8, 4) is 11.1 Å². The zero-order valence-corrected chi connectivity index (χ0v) is 13.9. The molecule has 0 N–H and O–H groups in total. The number of hydrogen-bond acceptors (Lipinski definition) is 0. The minimum absolute atomic E-state index is 0.301. The van der Waals surface area contributed by atoms with Crippen molar-refractivity contribution in [3.63, 3.8) is 0 Å². The third-order valence-corrected chi connectivity index (χ3v) is 4.86. The smallest absolute Gasteiger partial charge is 0.138 e. The Kier molecular flexibility index (Phi) is 5.38. The van der Waals surface area contributed by atoms with Crippen LogP contribution in [0.2, 0.25) is 5.02 Å². The molecule has 0 aliphatic heterocycles. The van der Waals surface area contributed by atoms with Crippen LogP contribution in [-0.4, -0.2) is 0 Å². The van der Waals surface area contributed by atoms with Gasteiger partial charge in [0.1, 0.15) is 11.6 Å². The van der Waals surface area contributed by atoms with Crippen molar-refractivity contribution in [2.45, 2.75) is 26.2 Å². The van der Waals surface area contributed by atoms with E-state index in [4.69, 9.17) is 11.6 Å². The lowest BCUT2D eigenvalue weighted by Gasteiger charge is -2.08. The van der Waals surface area contributed by atoms with E-state index in [1.54, 1.807) is 12.1 Å². The van der Waals surface area contributed by atoms with E-state index in [-0.39, 0.29) is 5.82 Å². The van der Waals surface area contributed by atoms with Crippen LogP contribution in [0, 0.1) is 15.2 Å².